The monoisotopic (exact) mass is 216 g/mol. The summed E-state index contributed by atoms with van der Waals surface area (Å²) in [5.41, 5.74) is 1.87. The van der Waals surface area contributed by atoms with Gasteiger partial charge in [0.25, 0.3) is 5.78 Å². The van der Waals surface area contributed by atoms with E-state index in [0.29, 0.717) is 0 Å². The molecule has 3 nitrogen and oxygen atoms in total. The van der Waals surface area contributed by atoms with E-state index in [4.69, 9.17) is 4.74 Å². The maximum atomic E-state index is 11.8. The zero-order valence-corrected chi connectivity index (χ0v) is 8.97. The molecule has 0 aromatic heterocycles. The molecule has 1 atom stereocenters. The highest BCUT2D eigenvalue weighted by molar-refractivity contribution is 6.36. The van der Waals surface area contributed by atoms with Crippen molar-refractivity contribution in [3.8, 4) is 0 Å². The largest absolute Gasteiger partial charge is 0.460 e. The van der Waals surface area contributed by atoms with Gasteiger partial charge in [0, 0.05) is 0 Å². The number of hydrogen-bond acceptors (Lipinski definition) is 3. The van der Waals surface area contributed by atoms with E-state index in [1.54, 1.807) is 13.0 Å². The van der Waals surface area contributed by atoms with Crippen molar-refractivity contribution in [3.05, 3.63) is 41.5 Å². The highest BCUT2D eigenvalue weighted by atomic mass is 16.5. The quantitative estimate of drug-likeness (QED) is 0.572. The highest BCUT2D eigenvalue weighted by Crippen LogP contribution is 2.30. The lowest BCUT2D eigenvalue weighted by Crippen LogP contribution is -2.22. The summed E-state index contributed by atoms with van der Waals surface area (Å²) in [7, 11) is 0. The summed E-state index contributed by atoms with van der Waals surface area (Å²) in [6.45, 7) is 1.91. The summed E-state index contributed by atoms with van der Waals surface area (Å²) < 4.78 is 4.71. The van der Waals surface area contributed by atoms with Crippen LogP contribution in [0.2, 0.25) is 0 Å². The van der Waals surface area contributed by atoms with Crippen molar-refractivity contribution in [3.63, 3.8) is 0 Å². The molecule has 0 amide bonds. The van der Waals surface area contributed by atoms with E-state index < -0.39 is 17.7 Å². The number of hydrogen-bond donors (Lipinski definition) is 0. The van der Waals surface area contributed by atoms with Crippen LogP contribution in [0.3, 0.4) is 0 Å². The first kappa shape index (κ1) is 10.6. The van der Waals surface area contributed by atoms with Crippen LogP contribution in [0.5, 0.6) is 0 Å². The molecule has 0 bridgehead atoms. The molecule has 16 heavy (non-hydrogen) atoms. The Morgan fingerprint density at radius 1 is 1.31 bits per heavy atom. The fourth-order valence-corrected chi connectivity index (χ4v) is 1.81. The fourth-order valence-electron chi connectivity index (χ4n) is 1.81. The van der Waals surface area contributed by atoms with Crippen molar-refractivity contribution < 1.29 is 14.3 Å². The average molecular weight is 216 g/mol. The average Bonchev–Trinajstić information content (AvgIpc) is 2.72. The lowest BCUT2D eigenvalue weighted by Gasteiger charge is -2.08. The number of benzene rings is 1. The second kappa shape index (κ2) is 4.31. The van der Waals surface area contributed by atoms with Gasteiger partial charge in [0.15, 0.2) is 0 Å². The molecule has 0 heterocycles. The zero-order valence-electron chi connectivity index (χ0n) is 8.97. The minimum Gasteiger partial charge on any atom is -0.460 e. The van der Waals surface area contributed by atoms with E-state index in [0.717, 1.165) is 11.1 Å². The number of Topliss-reactive ketones (excluding diaryl/α,β-unsaturated/α-hetero) is 1. The summed E-state index contributed by atoms with van der Waals surface area (Å²) in [6.07, 6.45) is 3.60. The van der Waals surface area contributed by atoms with Crippen LogP contribution in [0, 0.1) is 0 Å². The summed E-state index contributed by atoms with van der Waals surface area (Å²) in [5, 5.41) is 0. The second-order valence-corrected chi connectivity index (χ2v) is 3.55. The Hall–Kier alpha value is -1.90. The van der Waals surface area contributed by atoms with E-state index in [-0.39, 0.29) is 6.61 Å². The molecule has 1 aromatic carbocycles. The third kappa shape index (κ3) is 1.76. The topological polar surface area (TPSA) is 43.4 Å². The van der Waals surface area contributed by atoms with Crippen molar-refractivity contribution in [2.24, 2.45) is 0 Å². The van der Waals surface area contributed by atoms with Crippen LogP contribution in [-0.4, -0.2) is 18.4 Å². The SMILES string of the molecule is CCOC(=O)C(=O)C1C=Cc2ccccc21. The first-order chi connectivity index (χ1) is 7.74. The van der Waals surface area contributed by atoms with Crippen molar-refractivity contribution in [2.45, 2.75) is 12.8 Å². The molecule has 0 radical (unpaired) electrons. The van der Waals surface area contributed by atoms with Gasteiger partial charge in [0.2, 0.25) is 0 Å². The van der Waals surface area contributed by atoms with Gasteiger partial charge >= 0.3 is 5.97 Å². The molecule has 1 aliphatic carbocycles. The van der Waals surface area contributed by atoms with Crippen molar-refractivity contribution >= 4 is 17.8 Å². The fraction of sp³-hybridized carbons (Fsp3) is 0.231. The molecule has 0 saturated carbocycles. The van der Waals surface area contributed by atoms with Crippen LogP contribution < -0.4 is 0 Å². The third-order valence-electron chi connectivity index (χ3n) is 2.56. The van der Waals surface area contributed by atoms with Gasteiger partial charge in [-0.05, 0) is 18.1 Å². The van der Waals surface area contributed by atoms with Crippen LogP contribution in [0.15, 0.2) is 30.3 Å². The molecule has 82 valence electrons. The summed E-state index contributed by atoms with van der Waals surface area (Å²) in [4.78, 5) is 23.1. The Labute approximate surface area is 93.7 Å². The van der Waals surface area contributed by atoms with Gasteiger partial charge in [0.05, 0.1) is 12.5 Å². The maximum absolute atomic E-state index is 11.8. The van der Waals surface area contributed by atoms with E-state index in [9.17, 15) is 9.59 Å². The predicted molar refractivity (Wildman–Crippen MR) is 59.9 cm³/mol. The molecule has 0 fully saturated rings. The predicted octanol–water partition coefficient (Wildman–Crippen LogP) is 1.93. The minimum atomic E-state index is -0.756. The van der Waals surface area contributed by atoms with Crippen molar-refractivity contribution in [2.75, 3.05) is 6.61 Å². The second-order valence-electron chi connectivity index (χ2n) is 3.55. The first-order valence-corrected chi connectivity index (χ1v) is 5.22. The van der Waals surface area contributed by atoms with Gasteiger partial charge in [-0.1, -0.05) is 36.4 Å². The van der Waals surface area contributed by atoms with E-state index in [1.807, 2.05) is 30.3 Å². The van der Waals surface area contributed by atoms with Gasteiger partial charge in [0.1, 0.15) is 0 Å². The normalized spacial score (nSPS) is 16.9. The number of carbonyl (C=O) groups is 2. The summed E-state index contributed by atoms with van der Waals surface area (Å²) in [5.74, 6) is -1.73. The van der Waals surface area contributed by atoms with Crippen molar-refractivity contribution in [1.29, 1.82) is 0 Å². The van der Waals surface area contributed by atoms with E-state index in [2.05, 4.69) is 0 Å². The van der Waals surface area contributed by atoms with Crippen LogP contribution in [-0.2, 0) is 14.3 Å². The summed E-state index contributed by atoms with van der Waals surface area (Å²) in [6, 6.07) is 7.54. The van der Waals surface area contributed by atoms with Crippen molar-refractivity contribution in [1.82, 2.24) is 0 Å². The number of fused-ring (bicyclic) bond motifs is 1. The number of ether oxygens (including phenoxy) is 1. The van der Waals surface area contributed by atoms with Crippen LogP contribution in [0.1, 0.15) is 24.0 Å². The number of allylic oxidation sites excluding steroid dienone is 1. The number of rotatable bonds is 3. The molecule has 1 unspecified atom stereocenters. The molecule has 1 aliphatic rings. The molecular formula is C13H12O3. The van der Waals surface area contributed by atoms with E-state index >= 15 is 0 Å². The molecule has 0 N–H and O–H groups in total. The Kier molecular flexibility index (Phi) is 2.86. The Balaban J connectivity index is 2.23. The molecule has 2 rings (SSSR count). The standard InChI is InChI=1S/C13H12O3/c1-2-16-13(15)12(14)11-8-7-9-5-3-4-6-10(9)11/h3-8,11H,2H2,1H3. The van der Waals surface area contributed by atoms with Gasteiger partial charge in [-0.3, -0.25) is 4.79 Å². The Bertz CT molecular complexity index is 460. The van der Waals surface area contributed by atoms with Gasteiger partial charge in [-0.25, -0.2) is 4.79 Å². The zero-order chi connectivity index (χ0) is 11.5. The number of carbonyl (C=O) groups excluding carboxylic acids is 2. The van der Waals surface area contributed by atoms with Crippen LogP contribution in [0.25, 0.3) is 6.08 Å². The highest BCUT2D eigenvalue weighted by Gasteiger charge is 2.29. The van der Waals surface area contributed by atoms with Gasteiger partial charge in [-0.15, -0.1) is 0 Å². The Morgan fingerprint density at radius 2 is 2.06 bits per heavy atom. The first-order valence-electron chi connectivity index (χ1n) is 5.22. The molecule has 0 aliphatic heterocycles. The third-order valence-corrected chi connectivity index (χ3v) is 2.56. The molecule has 3 heteroatoms. The molecule has 0 saturated heterocycles. The maximum Gasteiger partial charge on any atom is 0.375 e. The van der Waals surface area contributed by atoms with Gasteiger partial charge < -0.3 is 4.74 Å². The molecule has 0 spiro atoms. The number of esters is 1. The number of ketones is 1. The minimum absolute atomic E-state index is 0.225. The van der Waals surface area contributed by atoms with Gasteiger partial charge in [-0.2, -0.15) is 0 Å². The van der Waals surface area contributed by atoms with Crippen LogP contribution in [0.4, 0.5) is 0 Å². The molecule has 1 aromatic rings. The molecular weight excluding hydrogens is 204 g/mol. The van der Waals surface area contributed by atoms with Crippen LogP contribution >= 0.6 is 0 Å². The Morgan fingerprint density at radius 3 is 2.81 bits per heavy atom. The van der Waals surface area contributed by atoms with E-state index in [1.165, 1.54) is 0 Å². The lowest BCUT2D eigenvalue weighted by molar-refractivity contribution is -0.153. The lowest BCUT2D eigenvalue weighted by atomic mass is 9.97. The summed E-state index contributed by atoms with van der Waals surface area (Å²) >= 11 is 0. The smallest absolute Gasteiger partial charge is 0.375 e.